The normalized spacial score (nSPS) is 14.3. The predicted octanol–water partition coefficient (Wildman–Crippen LogP) is 1.28. The summed E-state index contributed by atoms with van der Waals surface area (Å²) in [6, 6.07) is 8.86. The standard InChI is InChI=1S/C14H12N4O3S/c15-8-9-2-1-3-11(6-9)22(20,21)18-14(19)13-7-12(16-17-13)10-4-5-10/h1-3,6-7,10H,4-5H2,(H,16,17)(H,18,19). The highest BCUT2D eigenvalue weighted by atomic mass is 32.2. The number of amides is 1. The number of aromatic nitrogens is 2. The van der Waals surface area contributed by atoms with E-state index in [0.29, 0.717) is 5.92 Å². The number of hydrogen-bond donors (Lipinski definition) is 2. The van der Waals surface area contributed by atoms with E-state index in [1.165, 1.54) is 24.3 Å². The first-order chi connectivity index (χ1) is 10.5. The molecule has 2 aromatic rings. The molecule has 1 aromatic heterocycles. The molecule has 1 saturated carbocycles. The molecule has 22 heavy (non-hydrogen) atoms. The van der Waals surface area contributed by atoms with Gasteiger partial charge in [0.2, 0.25) is 0 Å². The first-order valence-electron chi connectivity index (χ1n) is 6.62. The zero-order chi connectivity index (χ0) is 15.7. The molecule has 1 aliphatic carbocycles. The van der Waals surface area contributed by atoms with Crippen LogP contribution in [0, 0.1) is 11.3 Å². The van der Waals surface area contributed by atoms with Crippen molar-refractivity contribution in [2.45, 2.75) is 23.7 Å². The number of H-pyrrole nitrogens is 1. The second-order valence-corrected chi connectivity index (χ2v) is 6.74. The van der Waals surface area contributed by atoms with E-state index in [9.17, 15) is 13.2 Å². The molecule has 0 atom stereocenters. The number of carbonyl (C=O) groups is 1. The monoisotopic (exact) mass is 316 g/mol. The van der Waals surface area contributed by atoms with E-state index in [-0.39, 0.29) is 16.2 Å². The molecule has 0 saturated heterocycles. The lowest BCUT2D eigenvalue weighted by molar-refractivity contribution is 0.0976. The third kappa shape index (κ3) is 2.84. The maximum Gasteiger partial charge on any atom is 0.285 e. The van der Waals surface area contributed by atoms with E-state index in [1.54, 1.807) is 6.07 Å². The Balaban J connectivity index is 1.80. The molecule has 0 bridgehead atoms. The molecule has 1 aliphatic rings. The van der Waals surface area contributed by atoms with Crippen LogP contribution in [-0.4, -0.2) is 24.5 Å². The topological polar surface area (TPSA) is 116 Å². The van der Waals surface area contributed by atoms with Gasteiger partial charge in [0, 0.05) is 11.6 Å². The van der Waals surface area contributed by atoms with Crippen molar-refractivity contribution in [2.24, 2.45) is 0 Å². The number of sulfonamides is 1. The molecule has 0 unspecified atom stereocenters. The molecule has 7 nitrogen and oxygen atoms in total. The van der Waals surface area contributed by atoms with Gasteiger partial charge in [-0.2, -0.15) is 10.4 Å². The number of aromatic amines is 1. The molecular formula is C14H12N4O3S. The first kappa shape index (κ1) is 14.3. The Labute approximate surface area is 127 Å². The summed E-state index contributed by atoms with van der Waals surface area (Å²) < 4.78 is 26.3. The van der Waals surface area contributed by atoms with Crippen LogP contribution >= 0.6 is 0 Å². The van der Waals surface area contributed by atoms with Crippen LogP contribution < -0.4 is 4.72 Å². The SMILES string of the molecule is N#Cc1cccc(S(=O)(=O)NC(=O)c2cc(C3CC3)[nH]n2)c1. The lowest BCUT2D eigenvalue weighted by Gasteiger charge is -2.05. The number of carbonyl (C=O) groups excluding carboxylic acids is 1. The average Bonchev–Trinajstić information content (AvgIpc) is 3.24. The number of hydrogen-bond acceptors (Lipinski definition) is 5. The quantitative estimate of drug-likeness (QED) is 0.881. The first-order valence-corrected chi connectivity index (χ1v) is 8.10. The highest BCUT2D eigenvalue weighted by Gasteiger charge is 2.27. The molecule has 1 amide bonds. The van der Waals surface area contributed by atoms with E-state index in [2.05, 4.69) is 10.2 Å². The summed E-state index contributed by atoms with van der Waals surface area (Å²) in [6.45, 7) is 0. The number of nitrogens with one attached hydrogen (secondary N) is 2. The van der Waals surface area contributed by atoms with E-state index in [1.807, 2.05) is 10.8 Å². The number of rotatable bonds is 4. The fraction of sp³-hybridized carbons (Fsp3) is 0.214. The van der Waals surface area contributed by atoms with Gasteiger partial charge in [-0.1, -0.05) is 6.07 Å². The van der Waals surface area contributed by atoms with Gasteiger partial charge in [0.15, 0.2) is 5.69 Å². The van der Waals surface area contributed by atoms with Crippen LogP contribution in [0.5, 0.6) is 0 Å². The van der Waals surface area contributed by atoms with Gasteiger partial charge in [-0.25, -0.2) is 13.1 Å². The van der Waals surface area contributed by atoms with Crippen molar-refractivity contribution in [3.05, 3.63) is 47.3 Å². The lowest BCUT2D eigenvalue weighted by atomic mass is 10.2. The molecule has 2 N–H and O–H groups in total. The van der Waals surface area contributed by atoms with Gasteiger partial charge in [0.1, 0.15) is 0 Å². The van der Waals surface area contributed by atoms with Crippen molar-refractivity contribution in [3.63, 3.8) is 0 Å². The second kappa shape index (κ2) is 5.27. The van der Waals surface area contributed by atoms with Crippen LogP contribution in [0.1, 0.15) is 40.5 Å². The summed E-state index contributed by atoms with van der Waals surface area (Å²) >= 11 is 0. The number of nitrogens with zero attached hydrogens (tertiary/aromatic N) is 2. The smallest absolute Gasteiger partial charge is 0.281 e. The van der Waals surface area contributed by atoms with Gasteiger partial charge in [-0.15, -0.1) is 0 Å². The molecule has 1 aromatic carbocycles. The van der Waals surface area contributed by atoms with Crippen molar-refractivity contribution in [1.29, 1.82) is 5.26 Å². The number of nitriles is 1. The Morgan fingerprint density at radius 1 is 1.36 bits per heavy atom. The van der Waals surface area contributed by atoms with Crippen LogP contribution in [0.25, 0.3) is 0 Å². The fourth-order valence-corrected chi connectivity index (χ4v) is 3.03. The summed E-state index contributed by atoms with van der Waals surface area (Å²) in [5.41, 5.74) is 1.07. The Kier molecular flexibility index (Phi) is 3.42. The summed E-state index contributed by atoms with van der Waals surface area (Å²) in [5.74, 6) is -0.413. The van der Waals surface area contributed by atoms with Crippen molar-refractivity contribution in [3.8, 4) is 6.07 Å². The van der Waals surface area contributed by atoms with E-state index < -0.39 is 15.9 Å². The molecule has 0 radical (unpaired) electrons. The Hall–Kier alpha value is -2.66. The molecule has 0 spiro atoms. The zero-order valence-corrected chi connectivity index (χ0v) is 12.2. The van der Waals surface area contributed by atoms with Crippen molar-refractivity contribution >= 4 is 15.9 Å². The third-order valence-corrected chi connectivity index (χ3v) is 4.68. The van der Waals surface area contributed by atoms with Gasteiger partial charge in [-0.3, -0.25) is 9.89 Å². The Morgan fingerprint density at radius 2 is 2.14 bits per heavy atom. The Bertz CT molecular complexity index is 875. The predicted molar refractivity (Wildman–Crippen MR) is 76.4 cm³/mol. The van der Waals surface area contributed by atoms with Gasteiger partial charge in [0.05, 0.1) is 16.5 Å². The van der Waals surface area contributed by atoms with Gasteiger partial charge < -0.3 is 0 Å². The molecule has 0 aliphatic heterocycles. The largest absolute Gasteiger partial charge is 0.285 e. The van der Waals surface area contributed by atoms with Crippen molar-refractivity contribution in [2.75, 3.05) is 0 Å². The van der Waals surface area contributed by atoms with Crippen LogP contribution in [-0.2, 0) is 10.0 Å². The summed E-state index contributed by atoms with van der Waals surface area (Å²) in [7, 11) is -4.04. The van der Waals surface area contributed by atoms with E-state index in [4.69, 9.17) is 5.26 Å². The Morgan fingerprint density at radius 3 is 2.82 bits per heavy atom. The molecule has 1 heterocycles. The van der Waals surface area contributed by atoms with E-state index >= 15 is 0 Å². The summed E-state index contributed by atoms with van der Waals surface area (Å²) in [4.78, 5) is 11.9. The average molecular weight is 316 g/mol. The summed E-state index contributed by atoms with van der Waals surface area (Å²) in [6.07, 6.45) is 2.09. The lowest BCUT2D eigenvalue weighted by Crippen LogP contribution is -2.30. The van der Waals surface area contributed by atoms with E-state index in [0.717, 1.165) is 18.5 Å². The van der Waals surface area contributed by atoms with Crippen LogP contribution in [0.4, 0.5) is 0 Å². The van der Waals surface area contributed by atoms with Gasteiger partial charge in [0.25, 0.3) is 15.9 Å². The minimum absolute atomic E-state index is 0.0295. The van der Waals surface area contributed by atoms with Gasteiger partial charge in [-0.05, 0) is 37.1 Å². The number of benzene rings is 1. The van der Waals surface area contributed by atoms with Crippen molar-refractivity contribution < 1.29 is 13.2 Å². The maximum absolute atomic E-state index is 12.2. The van der Waals surface area contributed by atoms with Crippen LogP contribution in [0.3, 0.4) is 0 Å². The maximum atomic E-state index is 12.2. The van der Waals surface area contributed by atoms with Gasteiger partial charge >= 0.3 is 0 Å². The zero-order valence-electron chi connectivity index (χ0n) is 11.4. The molecule has 8 heteroatoms. The van der Waals surface area contributed by atoms with Crippen molar-refractivity contribution in [1.82, 2.24) is 14.9 Å². The molecule has 112 valence electrons. The molecule has 3 rings (SSSR count). The highest BCUT2D eigenvalue weighted by Crippen LogP contribution is 2.38. The highest BCUT2D eigenvalue weighted by molar-refractivity contribution is 7.90. The molecule has 1 fully saturated rings. The fourth-order valence-electron chi connectivity index (χ4n) is 2.02. The van der Waals surface area contributed by atoms with Crippen LogP contribution in [0.2, 0.25) is 0 Å². The minimum Gasteiger partial charge on any atom is -0.281 e. The summed E-state index contributed by atoms with van der Waals surface area (Å²) in [5, 5.41) is 15.4. The second-order valence-electron chi connectivity index (χ2n) is 5.06. The van der Waals surface area contributed by atoms with Crippen LogP contribution in [0.15, 0.2) is 35.2 Å². The molecular weight excluding hydrogens is 304 g/mol. The minimum atomic E-state index is -4.04. The third-order valence-electron chi connectivity index (χ3n) is 3.35.